The Morgan fingerprint density at radius 1 is 0.625 bits per heavy atom. The van der Waals surface area contributed by atoms with Gasteiger partial charge in [0.05, 0.1) is 0 Å². The van der Waals surface area contributed by atoms with Gasteiger partial charge in [0, 0.05) is 0 Å². The predicted molar refractivity (Wildman–Crippen MR) is 106 cm³/mol. The van der Waals surface area contributed by atoms with Crippen molar-refractivity contribution in [2.24, 2.45) is 41.4 Å². The third-order valence-corrected chi connectivity index (χ3v) is 7.93. The van der Waals surface area contributed by atoms with Crippen molar-refractivity contribution >= 4 is 0 Å². The fourth-order valence-electron chi connectivity index (χ4n) is 6.13. The van der Waals surface area contributed by atoms with Crippen LogP contribution >= 0.6 is 0 Å². The zero-order valence-electron chi connectivity index (χ0n) is 16.7. The van der Waals surface area contributed by atoms with E-state index in [1.807, 2.05) is 0 Å². The highest BCUT2D eigenvalue weighted by atomic mass is 14.4. The Bertz CT molecular complexity index is 356. The minimum absolute atomic E-state index is 0.847. The van der Waals surface area contributed by atoms with Crippen molar-refractivity contribution < 1.29 is 0 Å². The van der Waals surface area contributed by atoms with Crippen molar-refractivity contribution in [1.82, 2.24) is 0 Å². The molecule has 3 aliphatic rings. The van der Waals surface area contributed by atoms with Crippen LogP contribution in [0.5, 0.6) is 0 Å². The molecule has 2 unspecified atom stereocenters. The molecule has 0 spiro atoms. The Morgan fingerprint density at radius 3 is 1.38 bits per heavy atom. The molecule has 0 saturated heterocycles. The lowest BCUT2D eigenvalue weighted by Crippen LogP contribution is -2.28. The van der Waals surface area contributed by atoms with Gasteiger partial charge >= 0.3 is 0 Å². The first-order valence-electron chi connectivity index (χ1n) is 11.2. The first-order valence-corrected chi connectivity index (χ1v) is 11.2. The normalized spacial score (nSPS) is 44.5. The second-order valence-corrected chi connectivity index (χ2v) is 10.3. The average molecular weight is 331 g/mol. The fourth-order valence-corrected chi connectivity index (χ4v) is 6.13. The first-order chi connectivity index (χ1) is 11.5. The minimum atomic E-state index is 0.847. The summed E-state index contributed by atoms with van der Waals surface area (Å²) in [4.78, 5) is 0. The van der Waals surface area contributed by atoms with Gasteiger partial charge in [0.15, 0.2) is 0 Å². The first kappa shape index (κ1) is 18.5. The Hall–Kier alpha value is -0.260. The fraction of sp³-hybridized carbons (Fsp3) is 0.917. The molecular weight excluding hydrogens is 288 g/mol. The van der Waals surface area contributed by atoms with Crippen molar-refractivity contribution in [3.05, 3.63) is 12.2 Å². The molecule has 3 fully saturated rings. The van der Waals surface area contributed by atoms with Crippen LogP contribution in [0.2, 0.25) is 0 Å². The highest BCUT2D eigenvalue weighted by Gasteiger charge is 2.34. The number of hydrogen-bond acceptors (Lipinski definition) is 0. The SMILES string of the molecule is C=C1C(CC2CCC(C)CC2)CC(C)CC1CC1CCC(C)CC1. The summed E-state index contributed by atoms with van der Waals surface area (Å²) in [7, 11) is 0. The molecule has 2 atom stereocenters. The van der Waals surface area contributed by atoms with Gasteiger partial charge in [-0.05, 0) is 67.1 Å². The quantitative estimate of drug-likeness (QED) is 0.465. The zero-order valence-corrected chi connectivity index (χ0v) is 16.7. The van der Waals surface area contributed by atoms with Crippen molar-refractivity contribution in [3.8, 4) is 0 Å². The maximum absolute atomic E-state index is 4.67. The van der Waals surface area contributed by atoms with E-state index in [0.717, 1.165) is 41.4 Å². The van der Waals surface area contributed by atoms with E-state index in [4.69, 9.17) is 0 Å². The molecule has 0 aromatic heterocycles. The van der Waals surface area contributed by atoms with Gasteiger partial charge in [-0.25, -0.2) is 0 Å². The third kappa shape index (κ3) is 4.89. The maximum atomic E-state index is 4.67. The highest BCUT2D eigenvalue weighted by Crippen LogP contribution is 2.46. The second kappa shape index (κ2) is 8.41. The number of rotatable bonds is 4. The van der Waals surface area contributed by atoms with Gasteiger partial charge in [-0.2, -0.15) is 0 Å². The van der Waals surface area contributed by atoms with Gasteiger partial charge in [0.25, 0.3) is 0 Å². The molecule has 0 radical (unpaired) electrons. The van der Waals surface area contributed by atoms with Crippen LogP contribution < -0.4 is 0 Å². The van der Waals surface area contributed by atoms with Crippen LogP contribution in [0.4, 0.5) is 0 Å². The summed E-state index contributed by atoms with van der Waals surface area (Å²) in [6.45, 7) is 12.1. The Labute approximate surface area is 151 Å². The van der Waals surface area contributed by atoms with Crippen LogP contribution in [0.3, 0.4) is 0 Å². The molecule has 0 aromatic rings. The van der Waals surface area contributed by atoms with Crippen molar-refractivity contribution in [2.45, 2.75) is 97.8 Å². The minimum Gasteiger partial charge on any atom is -0.0993 e. The molecular formula is C24H42. The van der Waals surface area contributed by atoms with Gasteiger partial charge in [-0.15, -0.1) is 0 Å². The van der Waals surface area contributed by atoms with Crippen LogP contribution in [0.25, 0.3) is 0 Å². The van der Waals surface area contributed by atoms with Crippen LogP contribution in [0.1, 0.15) is 97.8 Å². The highest BCUT2D eigenvalue weighted by molar-refractivity contribution is 5.10. The van der Waals surface area contributed by atoms with E-state index in [2.05, 4.69) is 27.4 Å². The lowest BCUT2D eigenvalue weighted by atomic mass is 9.65. The topological polar surface area (TPSA) is 0 Å². The molecule has 3 rings (SSSR count). The Morgan fingerprint density at radius 2 is 1.00 bits per heavy atom. The average Bonchev–Trinajstić information content (AvgIpc) is 2.56. The summed E-state index contributed by atoms with van der Waals surface area (Å²) in [5.74, 6) is 6.59. The van der Waals surface area contributed by atoms with Gasteiger partial charge < -0.3 is 0 Å². The molecule has 0 heterocycles. The van der Waals surface area contributed by atoms with E-state index >= 15 is 0 Å². The maximum Gasteiger partial charge on any atom is -0.0198 e. The van der Waals surface area contributed by atoms with Crippen molar-refractivity contribution in [1.29, 1.82) is 0 Å². The molecule has 0 nitrogen and oxygen atoms in total. The van der Waals surface area contributed by atoms with Crippen LogP contribution in [-0.4, -0.2) is 0 Å². The largest absolute Gasteiger partial charge is 0.0993 e. The summed E-state index contributed by atoms with van der Waals surface area (Å²) < 4.78 is 0. The number of allylic oxidation sites excluding steroid dienone is 1. The monoisotopic (exact) mass is 330 g/mol. The van der Waals surface area contributed by atoms with Crippen LogP contribution in [0.15, 0.2) is 12.2 Å². The van der Waals surface area contributed by atoms with Gasteiger partial charge in [-0.1, -0.05) is 84.3 Å². The Kier molecular flexibility index (Phi) is 6.50. The predicted octanol–water partition coefficient (Wildman–Crippen LogP) is 7.64. The molecule has 3 saturated carbocycles. The van der Waals surface area contributed by atoms with Crippen LogP contribution in [0, 0.1) is 41.4 Å². The molecule has 0 aliphatic heterocycles. The lowest BCUT2D eigenvalue weighted by molar-refractivity contribution is 0.182. The second-order valence-electron chi connectivity index (χ2n) is 10.3. The van der Waals surface area contributed by atoms with Crippen LogP contribution in [-0.2, 0) is 0 Å². The van der Waals surface area contributed by atoms with Gasteiger partial charge in [0.1, 0.15) is 0 Å². The smallest absolute Gasteiger partial charge is 0.0198 e. The third-order valence-electron chi connectivity index (χ3n) is 7.93. The summed E-state index contributed by atoms with van der Waals surface area (Å²) in [6, 6.07) is 0. The van der Waals surface area contributed by atoms with Crippen molar-refractivity contribution in [2.75, 3.05) is 0 Å². The molecule has 0 heteroatoms. The molecule has 0 amide bonds. The van der Waals surface area contributed by atoms with E-state index in [1.54, 1.807) is 5.57 Å². The molecule has 138 valence electrons. The number of hydrogen-bond donors (Lipinski definition) is 0. The van der Waals surface area contributed by atoms with E-state index in [-0.39, 0.29) is 0 Å². The lowest BCUT2D eigenvalue weighted by Gasteiger charge is -2.40. The van der Waals surface area contributed by atoms with E-state index < -0.39 is 0 Å². The molecule has 24 heavy (non-hydrogen) atoms. The summed E-state index contributed by atoms with van der Waals surface area (Å²) in [5.41, 5.74) is 1.67. The summed E-state index contributed by atoms with van der Waals surface area (Å²) in [5, 5.41) is 0. The molecule has 0 aromatic carbocycles. The zero-order chi connectivity index (χ0) is 17.1. The van der Waals surface area contributed by atoms with Gasteiger partial charge in [0.2, 0.25) is 0 Å². The summed E-state index contributed by atoms with van der Waals surface area (Å²) >= 11 is 0. The molecule has 0 bridgehead atoms. The molecule has 0 N–H and O–H groups in total. The van der Waals surface area contributed by atoms with E-state index in [9.17, 15) is 0 Å². The van der Waals surface area contributed by atoms with E-state index in [1.165, 1.54) is 77.0 Å². The summed E-state index contributed by atoms with van der Waals surface area (Å²) in [6.07, 6.45) is 17.7. The Balaban J connectivity index is 1.53. The van der Waals surface area contributed by atoms with Gasteiger partial charge in [-0.3, -0.25) is 0 Å². The van der Waals surface area contributed by atoms with E-state index in [0.29, 0.717) is 0 Å². The van der Waals surface area contributed by atoms with Crippen molar-refractivity contribution in [3.63, 3.8) is 0 Å². The molecule has 3 aliphatic carbocycles. The standard InChI is InChI=1S/C24H42/c1-17-5-9-21(10-6-17)15-23-13-19(3)14-24(20(23)4)16-22-11-7-18(2)8-12-22/h17-19,21-24H,4-16H2,1-3H3.